The van der Waals surface area contributed by atoms with E-state index in [1.165, 1.54) is 28.7 Å². The van der Waals surface area contributed by atoms with Crippen LogP contribution in [0.25, 0.3) is 10.8 Å². The standard InChI is InChI=1S/C22H23N5O/c23-21(28)17-9-25-22(26-10-17)27-12-19-18(20(19)13-27)11-24-8-14-5-6-15-3-1-2-4-16(15)7-14/h1-7,9-10,18-20,24H,8,11-13H2,(H2,23,28). The van der Waals surface area contributed by atoms with Crippen LogP contribution in [0.15, 0.2) is 54.9 Å². The van der Waals surface area contributed by atoms with Crippen molar-refractivity contribution in [3.8, 4) is 0 Å². The van der Waals surface area contributed by atoms with Crippen LogP contribution in [0.5, 0.6) is 0 Å². The van der Waals surface area contributed by atoms with Crippen molar-refractivity contribution >= 4 is 22.6 Å². The fraction of sp³-hybridized carbons (Fsp3) is 0.318. The van der Waals surface area contributed by atoms with Crippen LogP contribution in [-0.2, 0) is 6.54 Å². The number of carbonyl (C=O) groups is 1. The van der Waals surface area contributed by atoms with Crippen LogP contribution in [0.1, 0.15) is 15.9 Å². The molecule has 2 heterocycles. The van der Waals surface area contributed by atoms with Crippen LogP contribution < -0.4 is 16.0 Å². The lowest BCUT2D eigenvalue weighted by Gasteiger charge is -2.19. The molecular weight excluding hydrogens is 350 g/mol. The minimum Gasteiger partial charge on any atom is -0.366 e. The van der Waals surface area contributed by atoms with Gasteiger partial charge in [-0.25, -0.2) is 9.97 Å². The third kappa shape index (κ3) is 3.20. The van der Waals surface area contributed by atoms with Crippen molar-refractivity contribution in [3.63, 3.8) is 0 Å². The highest BCUT2D eigenvalue weighted by Gasteiger charge is 2.55. The number of amides is 1. The summed E-state index contributed by atoms with van der Waals surface area (Å²) in [7, 11) is 0. The lowest BCUT2D eigenvalue weighted by molar-refractivity contribution is 0.0999. The molecule has 1 aliphatic carbocycles. The van der Waals surface area contributed by atoms with E-state index in [-0.39, 0.29) is 0 Å². The maximum atomic E-state index is 11.1. The monoisotopic (exact) mass is 373 g/mol. The van der Waals surface area contributed by atoms with Crippen LogP contribution in [0, 0.1) is 17.8 Å². The van der Waals surface area contributed by atoms with Gasteiger partial charge in [0.25, 0.3) is 5.91 Å². The van der Waals surface area contributed by atoms with Crippen LogP contribution in [0.4, 0.5) is 5.95 Å². The summed E-state index contributed by atoms with van der Waals surface area (Å²) in [6, 6.07) is 15.1. The molecule has 3 N–H and O–H groups in total. The molecule has 6 heteroatoms. The summed E-state index contributed by atoms with van der Waals surface area (Å²) in [5, 5.41) is 6.21. The Morgan fingerprint density at radius 1 is 1.07 bits per heavy atom. The zero-order valence-corrected chi connectivity index (χ0v) is 15.6. The summed E-state index contributed by atoms with van der Waals surface area (Å²) < 4.78 is 0. The second-order valence-electron chi connectivity index (χ2n) is 7.84. The summed E-state index contributed by atoms with van der Waals surface area (Å²) in [6.45, 7) is 3.94. The van der Waals surface area contributed by atoms with E-state index in [0.29, 0.717) is 23.3 Å². The fourth-order valence-corrected chi connectivity index (χ4v) is 4.46. The van der Waals surface area contributed by atoms with Gasteiger partial charge < -0.3 is 16.0 Å². The molecule has 2 aliphatic rings. The van der Waals surface area contributed by atoms with Gasteiger partial charge >= 0.3 is 0 Å². The molecule has 28 heavy (non-hydrogen) atoms. The summed E-state index contributed by atoms with van der Waals surface area (Å²) in [4.78, 5) is 21.9. The summed E-state index contributed by atoms with van der Waals surface area (Å²) >= 11 is 0. The number of rotatable bonds is 6. The van der Waals surface area contributed by atoms with Crippen molar-refractivity contribution in [1.82, 2.24) is 15.3 Å². The van der Waals surface area contributed by atoms with Crippen molar-refractivity contribution in [3.05, 3.63) is 66.0 Å². The number of hydrogen-bond donors (Lipinski definition) is 2. The molecule has 0 bridgehead atoms. The molecule has 3 aromatic rings. The Labute approximate surface area is 163 Å². The van der Waals surface area contributed by atoms with E-state index in [9.17, 15) is 4.79 Å². The lowest BCUT2D eigenvalue weighted by atomic mass is 10.1. The molecule has 1 saturated carbocycles. The van der Waals surface area contributed by atoms with E-state index in [1.807, 2.05) is 0 Å². The van der Waals surface area contributed by atoms with E-state index in [0.717, 1.165) is 32.1 Å². The Hall–Kier alpha value is -2.99. The first-order valence-electron chi connectivity index (χ1n) is 9.74. The lowest BCUT2D eigenvalue weighted by Crippen LogP contribution is -2.29. The first kappa shape index (κ1) is 17.1. The molecule has 2 unspecified atom stereocenters. The van der Waals surface area contributed by atoms with E-state index >= 15 is 0 Å². The van der Waals surface area contributed by atoms with Crippen molar-refractivity contribution in [1.29, 1.82) is 0 Å². The second kappa shape index (κ2) is 6.87. The molecule has 1 aliphatic heterocycles. The SMILES string of the molecule is NC(=O)c1cnc(N2CC3C(CNCc4ccc5ccccc5c4)C3C2)nc1. The number of nitrogens with two attached hydrogens (primary N) is 1. The molecule has 5 rings (SSSR count). The molecule has 0 radical (unpaired) electrons. The number of nitrogens with one attached hydrogen (secondary N) is 1. The second-order valence-corrected chi connectivity index (χ2v) is 7.84. The molecule has 2 atom stereocenters. The molecule has 1 amide bonds. The number of nitrogens with zero attached hydrogens (tertiary/aromatic N) is 3. The van der Waals surface area contributed by atoms with Crippen molar-refractivity contribution in [2.45, 2.75) is 6.54 Å². The van der Waals surface area contributed by atoms with Gasteiger partial charge in [-0.15, -0.1) is 0 Å². The normalized spacial score (nSPS) is 23.0. The molecule has 142 valence electrons. The van der Waals surface area contributed by atoms with E-state index in [4.69, 9.17) is 5.73 Å². The van der Waals surface area contributed by atoms with Gasteiger partial charge in [0, 0.05) is 32.0 Å². The maximum Gasteiger partial charge on any atom is 0.251 e. The van der Waals surface area contributed by atoms with E-state index < -0.39 is 5.91 Å². The Kier molecular flexibility index (Phi) is 4.20. The smallest absolute Gasteiger partial charge is 0.251 e. The summed E-state index contributed by atoms with van der Waals surface area (Å²) in [5.41, 5.74) is 6.92. The first-order chi connectivity index (χ1) is 13.7. The largest absolute Gasteiger partial charge is 0.366 e. The molecule has 6 nitrogen and oxygen atoms in total. The third-order valence-electron chi connectivity index (χ3n) is 6.10. The van der Waals surface area contributed by atoms with Crippen LogP contribution in [0.3, 0.4) is 0 Å². The van der Waals surface area contributed by atoms with Crippen molar-refractivity contribution < 1.29 is 4.79 Å². The number of benzene rings is 2. The number of carbonyl (C=O) groups excluding carboxylic acids is 1. The minimum atomic E-state index is -0.492. The molecule has 1 aromatic heterocycles. The highest BCUT2D eigenvalue weighted by atomic mass is 16.1. The van der Waals surface area contributed by atoms with Crippen LogP contribution >= 0.6 is 0 Å². The average molecular weight is 373 g/mol. The van der Waals surface area contributed by atoms with Gasteiger partial charge in [0.2, 0.25) is 5.95 Å². The number of aromatic nitrogens is 2. The van der Waals surface area contributed by atoms with E-state index in [1.54, 1.807) is 0 Å². The number of hydrogen-bond acceptors (Lipinski definition) is 5. The highest BCUT2D eigenvalue weighted by molar-refractivity contribution is 5.92. The molecule has 0 spiro atoms. The quantitative estimate of drug-likeness (QED) is 0.692. The number of piperidine rings is 1. The maximum absolute atomic E-state index is 11.1. The van der Waals surface area contributed by atoms with Crippen LogP contribution in [-0.4, -0.2) is 35.5 Å². The fourth-order valence-electron chi connectivity index (χ4n) is 4.46. The molecule has 2 fully saturated rings. The van der Waals surface area contributed by atoms with Gasteiger partial charge in [0.05, 0.1) is 5.56 Å². The summed E-state index contributed by atoms with van der Waals surface area (Å²) in [6.07, 6.45) is 3.02. The zero-order valence-electron chi connectivity index (χ0n) is 15.6. The molecular formula is C22H23N5O. The predicted molar refractivity (Wildman–Crippen MR) is 109 cm³/mol. The minimum absolute atomic E-state index is 0.351. The topological polar surface area (TPSA) is 84.1 Å². The number of anilines is 1. The number of fused-ring (bicyclic) bond motifs is 2. The average Bonchev–Trinajstić information content (AvgIpc) is 3.17. The van der Waals surface area contributed by atoms with Crippen LogP contribution in [0.2, 0.25) is 0 Å². The van der Waals surface area contributed by atoms with Gasteiger partial charge in [-0.1, -0.05) is 36.4 Å². The van der Waals surface area contributed by atoms with Gasteiger partial charge in [-0.05, 0) is 46.7 Å². The van der Waals surface area contributed by atoms with Crippen molar-refractivity contribution in [2.75, 3.05) is 24.5 Å². The Morgan fingerprint density at radius 2 is 1.79 bits per heavy atom. The van der Waals surface area contributed by atoms with Gasteiger partial charge in [0.15, 0.2) is 0 Å². The van der Waals surface area contributed by atoms with Gasteiger partial charge in [0.1, 0.15) is 0 Å². The first-order valence-corrected chi connectivity index (χ1v) is 9.74. The van der Waals surface area contributed by atoms with E-state index in [2.05, 4.69) is 62.6 Å². The van der Waals surface area contributed by atoms with Gasteiger partial charge in [-0.2, -0.15) is 0 Å². The Balaban J connectivity index is 1.11. The Bertz CT molecular complexity index is 1010. The predicted octanol–water partition coefficient (Wildman–Crippen LogP) is 2.20. The molecule has 1 saturated heterocycles. The van der Waals surface area contributed by atoms with Crippen molar-refractivity contribution in [2.24, 2.45) is 23.5 Å². The highest BCUT2D eigenvalue weighted by Crippen LogP contribution is 2.51. The van der Waals surface area contributed by atoms with Gasteiger partial charge in [-0.3, -0.25) is 4.79 Å². The third-order valence-corrected chi connectivity index (χ3v) is 6.10. The zero-order chi connectivity index (χ0) is 19.1. The number of primary amides is 1. The molecule has 2 aromatic carbocycles. The Morgan fingerprint density at radius 3 is 2.50 bits per heavy atom. The summed E-state index contributed by atoms with van der Waals surface area (Å²) in [5.74, 6) is 2.36.